The Morgan fingerprint density at radius 3 is 2.45 bits per heavy atom. The van der Waals surface area contributed by atoms with E-state index >= 15 is 0 Å². The average molecular weight is 381 g/mol. The number of ether oxygens (including phenoxy) is 1. The molecule has 3 aromatic carbocycles. The zero-order valence-electron chi connectivity index (χ0n) is 16.4. The number of benzene rings is 3. The van der Waals surface area contributed by atoms with E-state index in [1.165, 1.54) is 11.1 Å². The van der Waals surface area contributed by atoms with Crippen molar-refractivity contribution in [1.29, 1.82) is 0 Å². The van der Waals surface area contributed by atoms with E-state index in [-0.39, 0.29) is 0 Å². The molecular weight excluding hydrogens is 358 g/mol. The van der Waals surface area contributed by atoms with Crippen LogP contribution in [-0.4, -0.2) is 16.3 Å². The maximum atomic E-state index is 5.92. The third-order valence-electron chi connectivity index (χ3n) is 5.31. The largest absolute Gasteiger partial charge is 0.489 e. The second kappa shape index (κ2) is 7.47. The van der Waals surface area contributed by atoms with Crippen LogP contribution >= 0.6 is 0 Å². The van der Waals surface area contributed by atoms with E-state index in [0.717, 1.165) is 47.0 Å². The molecule has 0 saturated carbocycles. The van der Waals surface area contributed by atoms with Crippen molar-refractivity contribution in [2.24, 2.45) is 0 Å². The summed E-state index contributed by atoms with van der Waals surface area (Å²) < 4.78 is 7.93. The number of aromatic nitrogens is 2. The fraction of sp³-hybridized carbons (Fsp3) is 0.160. The van der Waals surface area contributed by atoms with Crippen LogP contribution in [0.15, 0.2) is 78.9 Å². The molecule has 29 heavy (non-hydrogen) atoms. The summed E-state index contributed by atoms with van der Waals surface area (Å²) in [4.78, 5) is 0. The van der Waals surface area contributed by atoms with E-state index in [9.17, 15) is 0 Å². The number of hydrogen-bond donors (Lipinski definition) is 1. The van der Waals surface area contributed by atoms with Crippen LogP contribution < -0.4 is 10.1 Å². The van der Waals surface area contributed by atoms with Gasteiger partial charge in [-0.2, -0.15) is 5.10 Å². The number of hydrogen-bond acceptors (Lipinski definition) is 3. The minimum Gasteiger partial charge on any atom is -0.489 e. The first-order valence-corrected chi connectivity index (χ1v) is 9.98. The van der Waals surface area contributed by atoms with Crippen LogP contribution in [0.1, 0.15) is 16.7 Å². The summed E-state index contributed by atoms with van der Waals surface area (Å²) in [6.07, 6.45) is 0.997. The molecule has 0 bridgehead atoms. The van der Waals surface area contributed by atoms with Crippen molar-refractivity contribution in [2.75, 3.05) is 11.9 Å². The summed E-state index contributed by atoms with van der Waals surface area (Å²) in [6.45, 7) is 3.62. The molecule has 5 rings (SSSR count). The summed E-state index contributed by atoms with van der Waals surface area (Å²) in [6, 6.07) is 26.9. The molecule has 0 fully saturated rings. The van der Waals surface area contributed by atoms with Gasteiger partial charge in [0.15, 0.2) is 0 Å². The molecule has 144 valence electrons. The smallest absolute Gasteiger partial charge is 0.133 e. The number of fused-ring (bicyclic) bond motifs is 1. The fourth-order valence-corrected chi connectivity index (χ4v) is 3.73. The monoisotopic (exact) mass is 381 g/mol. The summed E-state index contributed by atoms with van der Waals surface area (Å²) in [5.41, 5.74) is 6.97. The normalized spacial score (nSPS) is 12.4. The Labute approximate surface area is 170 Å². The number of aryl methyl sites for hydroxylation is 1. The van der Waals surface area contributed by atoms with Crippen molar-refractivity contribution < 1.29 is 4.74 Å². The third kappa shape index (κ3) is 3.49. The third-order valence-corrected chi connectivity index (χ3v) is 5.31. The fourth-order valence-electron chi connectivity index (χ4n) is 3.73. The molecule has 1 N–H and O–H groups in total. The van der Waals surface area contributed by atoms with E-state index in [1.807, 2.05) is 35.0 Å². The van der Waals surface area contributed by atoms with Gasteiger partial charge in [0, 0.05) is 17.7 Å². The Bertz CT molecular complexity index is 1110. The van der Waals surface area contributed by atoms with Gasteiger partial charge in [-0.05, 0) is 43.2 Å². The van der Waals surface area contributed by atoms with Gasteiger partial charge in [0.25, 0.3) is 0 Å². The average Bonchev–Trinajstić information content (AvgIpc) is 3.37. The number of anilines is 1. The number of nitrogens with zero attached hydrogens (tertiary/aromatic N) is 2. The lowest BCUT2D eigenvalue weighted by atomic mass is 10.1. The minimum absolute atomic E-state index is 0.566. The standard InChI is InChI=1S/C25H23N3O/c1-18-7-9-20(10-8-18)24-23-15-16-26-25(23)28(27-24)21-11-13-22(14-12-21)29-17-19-5-3-2-4-6-19/h2-14,26H,15-17H2,1H3. The molecule has 0 atom stereocenters. The first-order valence-electron chi connectivity index (χ1n) is 9.98. The van der Waals surface area contributed by atoms with Crippen LogP contribution in [0, 0.1) is 6.92 Å². The van der Waals surface area contributed by atoms with Gasteiger partial charge in [-0.1, -0.05) is 60.2 Å². The molecular formula is C25H23N3O. The van der Waals surface area contributed by atoms with Gasteiger partial charge in [-0.25, -0.2) is 4.68 Å². The second-order valence-corrected chi connectivity index (χ2v) is 7.40. The Morgan fingerprint density at radius 2 is 1.69 bits per heavy atom. The maximum Gasteiger partial charge on any atom is 0.133 e. The highest BCUT2D eigenvalue weighted by molar-refractivity contribution is 5.73. The highest BCUT2D eigenvalue weighted by atomic mass is 16.5. The van der Waals surface area contributed by atoms with Crippen molar-refractivity contribution in [2.45, 2.75) is 20.0 Å². The van der Waals surface area contributed by atoms with Gasteiger partial charge in [0.2, 0.25) is 0 Å². The van der Waals surface area contributed by atoms with Crippen LogP contribution in [0.2, 0.25) is 0 Å². The lowest BCUT2D eigenvalue weighted by molar-refractivity contribution is 0.306. The maximum absolute atomic E-state index is 5.92. The molecule has 0 aliphatic carbocycles. The van der Waals surface area contributed by atoms with Gasteiger partial charge in [0.1, 0.15) is 18.2 Å². The van der Waals surface area contributed by atoms with Crippen molar-refractivity contribution >= 4 is 5.82 Å². The summed E-state index contributed by atoms with van der Waals surface area (Å²) in [5, 5.41) is 8.44. The molecule has 1 aliphatic rings. The van der Waals surface area contributed by atoms with Crippen LogP contribution in [0.4, 0.5) is 5.82 Å². The second-order valence-electron chi connectivity index (χ2n) is 7.40. The molecule has 0 unspecified atom stereocenters. The molecule has 0 amide bonds. The van der Waals surface area contributed by atoms with Crippen LogP contribution in [0.25, 0.3) is 16.9 Å². The van der Waals surface area contributed by atoms with Crippen molar-refractivity contribution in [3.8, 4) is 22.7 Å². The Morgan fingerprint density at radius 1 is 0.931 bits per heavy atom. The topological polar surface area (TPSA) is 39.1 Å². The molecule has 2 heterocycles. The Balaban J connectivity index is 1.41. The van der Waals surface area contributed by atoms with Crippen LogP contribution in [-0.2, 0) is 13.0 Å². The van der Waals surface area contributed by atoms with Gasteiger partial charge >= 0.3 is 0 Å². The SMILES string of the molecule is Cc1ccc(-c2nn(-c3ccc(OCc4ccccc4)cc3)c3c2CCN3)cc1. The van der Waals surface area contributed by atoms with Crippen molar-refractivity contribution in [3.63, 3.8) is 0 Å². The lowest BCUT2D eigenvalue weighted by Gasteiger charge is -2.09. The minimum atomic E-state index is 0.566. The quantitative estimate of drug-likeness (QED) is 0.503. The van der Waals surface area contributed by atoms with E-state index in [0.29, 0.717) is 6.61 Å². The van der Waals surface area contributed by atoms with Gasteiger partial charge in [0.05, 0.1) is 11.4 Å². The molecule has 4 heteroatoms. The predicted molar refractivity (Wildman–Crippen MR) is 117 cm³/mol. The van der Waals surface area contributed by atoms with Crippen molar-refractivity contribution in [1.82, 2.24) is 9.78 Å². The molecule has 1 aliphatic heterocycles. The Kier molecular flexibility index (Phi) is 4.53. The lowest BCUT2D eigenvalue weighted by Crippen LogP contribution is -2.04. The van der Waals surface area contributed by atoms with Crippen LogP contribution in [0.3, 0.4) is 0 Å². The summed E-state index contributed by atoms with van der Waals surface area (Å²) >= 11 is 0. The number of rotatable bonds is 5. The van der Waals surface area contributed by atoms with Gasteiger partial charge in [-0.15, -0.1) is 0 Å². The van der Waals surface area contributed by atoms with Gasteiger partial charge in [-0.3, -0.25) is 0 Å². The molecule has 0 saturated heterocycles. The van der Waals surface area contributed by atoms with E-state index in [2.05, 4.69) is 60.8 Å². The highest BCUT2D eigenvalue weighted by Gasteiger charge is 2.23. The van der Waals surface area contributed by atoms with E-state index < -0.39 is 0 Å². The summed E-state index contributed by atoms with van der Waals surface area (Å²) in [7, 11) is 0. The van der Waals surface area contributed by atoms with E-state index in [1.54, 1.807) is 0 Å². The summed E-state index contributed by atoms with van der Waals surface area (Å²) in [5.74, 6) is 1.95. The molecule has 4 aromatic rings. The molecule has 0 spiro atoms. The van der Waals surface area contributed by atoms with Crippen molar-refractivity contribution in [3.05, 3.63) is 95.6 Å². The predicted octanol–water partition coefficient (Wildman–Crippen LogP) is 5.39. The molecule has 4 nitrogen and oxygen atoms in total. The highest BCUT2D eigenvalue weighted by Crippen LogP contribution is 2.34. The number of nitrogens with one attached hydrogen (secondary N) is 1. The first-order chi connectivity index (χ1) is 14.3. The molecule has 0 radical (unpaired) electrons. The molecule has 1 aromatic heterocycles. The van der Waals surface area contributed by atoms with Crippen LogP contribution in [0.5, 0.6) is 5.75 Å². The Hall–Kier alpha value is -3.53. The zero-order chi connectivity index (χ0) is 19.6. The first kappa shape index (κ1) is 17.6. The van der Waals surface area contributed by atoms with E-state index in [4.69, 9.17) is 9.84 Å². The zero-order valence-corrected chi connectivity index (χ0v) is 16.4. The van der Waals surface area contributed by atoms with Gasteiger partial charge < -0.3 is 10.1 Å².